The molecule has 0 spiro atoms. The number of rotatable bonds is 1. The lowest BCUT2D eigenvalue weighted by atomic mass is 9.77. The van der Waals surface area contributed by atoms with Crippen molar-refractivity contribution in [2.75, 3.05) is 0 Å². The van der Waals surface area contributed by atoms with Gasteiger partial charge in [0.15, 0.2) is 0 Å². The number of aromatic nitrogens is 1. The van der Waals surface area contributed by atoms with Gasteiger partial charge in [0.1, 0.15) is 0 Å². The van der Waals surface area contributed by atoms with Gasteiger partial charge in [0.2, 0.25) is 0 Å². The fraction of sp³-hybridized carbons (Fsp3) is 0.143. The van der Waals surface area contributed by atoms with Crippen molar-refractivity contribution in [3.05, 3.63) is 106 Å². The minimum absolute atomic E-state index is 0.274. The van der Waals surface area contributed by atoms with Crippen molar-refractivity contribution in [1.82, 2.24) is 9.88 Å². The van der Waals surface area contributed by atoms with Gasteiger partial charge >= 0.3 is 0 Å². The zero-order valence-corrected chi connectivity index (χ0v) is 16.7. The van der Waals surface area contributed by atoms with E-state index >= 15 is 0 Å². The fourth-order valence-electron chi connectivity index (χ4n) is 5.67. The van der Waals surface area contributed by atoms with Gasteiger partial charge in [-0.05, 0) is 48.2 Å². The summed E-state index contributed by atoms with van der Waals surface area (Å²) < 4.78 is 2.42. The van der Waals surface area contributed by atoms with Crippen LogP contribution in [-0.2, 0) is 6.42 Å². The SMILES string of the molecule is C1=C2NC3C=c4c(c5ccccc5n4-c4ccccc4)=CC3c3cccc(c32)CC1. The van der Waals surface area contributed by atoms with Crippen LogP contribution >= 0.6 is 0 Å². The van der Waals surface area contributed by atoms with Crippen LogP contribution in [0.25, 0.3) is 34.4 Å². The Morgan fingerprint density at radius 2 is 1.70 bits per heavy atom. The highest BCUT2D eigenvalue weighted by Gasteiger charge is 2.33. The van der Waals surface area contributed by atoms with Gasteiger partial charge in [-0.3, -0.25) is 0 Å². The molecule has 1 aliphatic heterocycles. The molecule has 0 amide bonds. The van der Waals surface area contributed by atoms with E-state index in [1.165, 1.54) is 49.5 Å². The largest absolute Gasteiger partial charge is 0.378 e. The van der Waals surface area contributed by atoms with Crippen LogP contribution in [0.4, 0.5) is 0 Å². The maximum atomic E-state index is 3.88. The van der Waals surface area contributed by atoms with E-state index in [1.807, 2.05) is 0 Å². The standard InChI is InChI=1S/C28H22N2/c1-2-10-19(11-3-1)30-26-15-5-4-12-20(26)23-16-22-21-13-6-8-18-9-7-14-24(28(18)21)29-25(22)17-27(23)30/h1-6,8,10-17,22,25,29H,7,9H2. The summed E-state index contributed by atoms with van der Waals surface area (Å²) in [6.45, 7) is 0. The van der Waals surface area contributed by atoms with Gasteiger partial charge in [0, 0.05) is 33.5 Å². The molecule has 0 radical (unpaired) electrons. The second-order valence-corrected chi connectivity index (χ2v) is 8.55. The van der Waals surface area contributed by atoms with E-state index in [1.54, 1.807) is 0 Å². The molecule has 7 rings (SSSR count). The van der Waals surface area contributed by atoms with Crippen LogP contribution in [0.5, 0.6) is 0 Å². The molecule has 2 heterocycles. The Morgan fingerprint density at radius 3 is 2.63 bits per heavy atom. The minimum Gasteiger partial charge on any atom is -0.378 e. The molecule has 3 aliphatic rings. The van der Waals surface area contributed by atoms with E-state index in [9.17, 15) is 0 Å². The average molecular weight is 386 g/mol. The third kappa shape index (κ3) is 2.14. The van der Waals surface area contributed by atoms with Crippen molar-refractivity contribution in [3.63, 3.8) is 0 Å². The van der Waals surface area contributed by atoms with Crippen LogP contribution in [0.2, 0.25) is 0 Å². The van der Waals surface area contributed by atoms with Crippen LogP contribution in [-0.4, -0.2) is 10.6 Å². The molecule has 3 aromatic carbocycles. The van der Waals surface area contributed by atoms with Gasteiger partial charge in [0.05, 0.1) is 16.9 Å². The van der Waals surface area contributed by atoms with E-state index in [0.717, 1.165) is 12.8 Å². The highest BCUT2D eigenvalue weighted by molar-refractivity contribution is 5.86. The first-order valence-electron chi connectivity index (χ1n) is 10.9. The van der Waals surface area contributed by atoms with Crippen molar-refractivity contribution in [2.45, 2.75) is 24.8 Å². The quantitative estimate of drug-likeness (QED) is 0.518. The maximum absolute atomic E-state index is 3.88. The van der Waals surface area contributed by atoms with Crippen LogP contribution in [0.15, 0.2) is 78.9 Å². The minimum atomic E-state index is 0.274. The molecule has 1 N–H and O–H groups in total. The zero-order chi connectivity index (χ0) is 19.7. The number of nitrogens with zero attached hydrogens (tertiary/aromatic N) is 1. The smallest absolute Gasteiger partial charge is 0.0571 e. The maximum Gasteiger partial charge on any atom is 0.0571 e. The topological polar surface area (TPSA) is 17.0 Å². The lowest BCUT2D eigenvalue weighted by Gasteiger charge is -2.37. The lowest BCUT2D eigenvalue weighted by Crippen LogP contribution is -2.45. The van der Waals surface area contributed by atoms with E-state index in [-0.39, 0.29) is 6.04 Å². The average Bonchev–Trinajstić information content (AvgIpc) is 3.12. The number of nitrogens with one attached hydrogen (secondary N) is 1. The molecule has 0 saturated heterocycles. The molecular weight excluding hydrogens is 364 g/mol. The van der Waals surface area contributed by atoms with Gasteiger partial charge in [0.25, 0.3) is 0 Å². The second kappa shape index (κ2) is 5.99. The number of allylic oxidation sites excluding steroid dienone is 1. The van der Waals surface area contributed by atoms with Crippen LogP contribution < -0.4 is 15.9 Å². The number of benzene rings is 3. The first kappa shape index (κ1) is 16.3. The Hall–Kier alpha value is -3.52. The van der Waals surface area contributed by atoms with Crippen LogP contribution in [0.1, 0.15) is 29.0 Å². The van der Waals surface area contributed by atoms with Crippen LogP contribution in [0, 0.1) is 0 Å². The summed E-state index contributed by atoms with van der Waals surface area (Å²) in [5.74, 6) is 0.359. The molecule has 2 nitrogen and oxygen atoms in total. The molecule has 2 heteroatoms. The number of hydrogen-bond donors (Lipinski definition) is 1. The monoisotopic (exact) mass is 386 g/mol. The van der Waals surface area contributed by atoms with Gasteiger partial charge in [-0.1, -0.05) is 66.7 Å². The molecule has 0 fully saturated rings. The normalized spacial score (nSPS) is 20.7. The molecule has 0 saturated carbocycles. The highest BCUT2D eigenvalue weighted by Crippen LogP contribution is 2.40. The van der Waals surface area contributed by atoms with Crippen molar-refractivity contribution in [1.29, 1.82) is 0 Å². The third-order valence-corrected chi connectivity index (χ3v) is 6.93. The van der Waals surface area contributed by atoms with Gasteiger partial charge in [-0.25, -0.2) is 0 Å². The molecule has 0 bridgehead atoms. The molecule has 2 atom stereocenters. The Kier molecular flexibility index (Phi) is 3.25. The van der Waals surface area contributed by atoms with Crippen LogP contribution in [0.3, 0.4) is 0 Å². The Balaban J connectivity index is 1.57. The first-order chi connectivity index (χ1) is 14.9. The molecule has 1 aromatic heterocycles. The molecular formula is C28H22N2. The molecule has 144 valence electrons. The first-order valence-corrected chi connectivity index (χ1v) is 10.9. The van der Waals surface area contributed by atoms with Gasteiger partial charge in [-0.15, -0.1) is 0 Å². The van der Waals surface area contributed by atoms with E-state index in [2.05, 4.69) is 101 Å². The van der Waals surface area contributed by atoms with Crippen molar-refractivity contribution in [2.24, 2.45) is 0 Å². The molecule has 2 unspecified atom stereocenters. The van der Waals surface area contributed by atoms with Crippen molar-refractivity contribution in [3.8, 4) is 5.69 Å². The summed E-state index contributed by atoms with van der Waals surface area (Å²) in [5, 5.41) is 7.87. The number of hydrogen-bond acceptors (Lipinski definition) is 1. The summed E-state index contributed by atoms with van der Waals surface area (Å²) >= 11 is 0. The highest BCUT2D eigenvalue weighted by atomic mass is 15.0. The van der Waals surface area contributed by atoms with Gasteiger partial charge in [-0.2, -0.15) is 0 Å². The predicted molar refractivity (Wildman–Crippen MR) is 124 cm³/mol. The summed E-state index contributed by atoms with van der Waals surface area (Å²) in [4.78, 5) is 0. The van der Waals surface area contributed by atoms with E-state index < -0.39 is 0 Å². The van der Waals surface area contributed by atoms with Crippen molar-refractivity contribution < 1.29 is 0 Å². The Bertz CT molecular complexity index is 1470. The lowest BCUT2D eigenvalue weighted by molar-refractivity contribution is 0.650. The summed E-state index contributed by atoms with van der Waals surface area (Å²) in [5.41, 5.74) is 8.22. The number of fused-ring (bicyclic) bond motifs is 5. The molecule has 30 heavy (non-hydrogen) atoms. The Labute approximate surface area is 175 Å². The number of para-hydroxylation sites is 2. The van der Waals surface area contributed by atoms with E-state index in [0.29, 0.717) is 5.92 Å². The van der Waals surface area contributed by atoms with Crippen molar-refractivity contribution >= 4 is 28.8 Å². The third-order valence-electron chi connectivity index (χ3n) is 6.93. The predicted octanol–water partition coefficient (Wildman–Crippen LogP) is 4.25. The van der Waals surface area contributed by atoms with Gasteiger partial charge < -0.3 is 9.88 Å². The molecule has 2 aliphatic carbocycles. The summed E-state index contributed by atoms with van der Waals surface area (Å²) in [7, 11) is 0. The fourth-order valence-corrected chi connectivity index (χ4v) is 5.67. The number of aryl methyl sites for hydroxylation is 1. The Morgan fingerprint density at radius 1 is 0.833 bits per heavy atom. The second-order valence-electron chi connectivity index (χ2n) is 8.55. The molecule has 4 aromatic rings. The van der Waals surface area contributed by atoms with E-state index in [4.69, 9.17) is 0 Å². The zero-order valence-electron chi connectivity index (χ0n) is 16.7. The summed E-state index contributed by atoms with van der Waals surface area (Å²) in [6.07, 6.45) is 9.62. The summed E-state index contributed by atoms with van der Waals surface area (Å²) in [6, 6.07) is 26.7.